The molecule has 1 aromatic heterocycles. The number of benzene rings is 1. The molecule has 0 unspecified atom stereocenters. The number of hydrogen-bond acceptors (Lipinski definition) is 16. The fourth-order valence-electron chi connectivity index (χ4n) is 11.1. The van der Waals surface area contributed by atoms with E-state index in [2.05, 4.69) is 15.6 Å². The maximum atomic E-state index is 14.7. The van der Waals surface area contributed by atoms with Gasteiger partial charge in [-0.25, -0.2) is 9.86 Å². The minimum absolute atomic E-state index is 0.0222. The van der Waals surface area contributed by atoms with Gasteiger partial charge >= 0.3 is 5.97 Å². The van der Waals surface area contributed by atoms with Crippen LogP contribution in [0.25, 0.3) is 10.9 Å². The molecule has 0 bridgehead atoms. The van der Waals surface area contributed by atoms with Crippen LogP contribution in [0.3, 0.4) is 0 Å². The van der Waals surface area contributed by atoms with Crippen LogP contribution in [0, 0.1) is 23.7 Å². The third-order valence-corrected chi connectivity index (χ3v) is 15.8. The molecule has 81 heavy (non-hydrogen) atoms. The number of imide groups is 1. The molecule has 454 valence electrons. The van der Waals surface area contributed by atoms with Gasteiger partial charge in [0, 0.05) is 77.3 Å². The van der Waals surface area contributed by atoms with E-state index in [4.69, 9.17) is 33.4 Å². The van der Waals surface area contributed by atoms with E-state index in [1.54, 1.807) is 23.8 Å². The normalized spacial score (nSPS) is 18.9. The van der Waals surface area contributed by atoms with Crippen LogP contribution in [0.1, 0.15) is 112 Å². The number of nitrogens with zero attached hydrogens (tertiary/aromatic N) is 5. The van der Waals surface area contributed by atoms with Crippen LogP contribution in [-0.2, 0) is 78.1 Å². The monoisotopic (exact) mass is 1140 g/mol. The molecule has 3 saturated heterocycles. The Balaban J connectivity index is 1.14. The summed E-state index contributed by atoms with van der Waals surface area (Å²) in [6.45, 7) is 16.5. The predicted molar refractivity (Wildman–Crippen MR) is 299 cm³/mol. The number of carbonyl (C=O) groups is 8. The highest BCUT2D eigenvalue weighted by Crippen LogP contribution is 2.30. The summed E-state index contributed by atoms with van der Waals surface area (Å²) in [4.78, 5) is 126. The standard InChI is InChI=1S/C58H92N8O15/c1-12-39(6)53(63(9)58(74)51(37(2)3)61-56(72)52(38(4)5)62(8)26-29-78-31-33-79-32-30-77-28-23-50(70)81-66-47(67)21-22-48(66)68)46(75-10)35-49(69)64-24-17-20-45(64)54(76-11)40(7)55(71)60-44(57(73)65-25-15-16-27-80-65)34-41-36-59-43-19-14-13-18-42(41)43/h13-14,18-19,36-40,44-46,51-54,59H,12,15-17,20-35H2,1-11H3,(H,60,71)(H,61,72)/t39-,40+,44-,45-,46+,51-,52-,53-,54+/m0/s1. The van der Waals surface area contributed by atoms with Gasteiger partial charge in [0.05, 0.1) is 95.3 Å². The zero-order valence-corrected chi connectivity index (χ0v) is 49.7. The second kappa shape index (κ2) is 32.9. The van der Waals surface area contributed by atoms with Crippen molar-refractivity contribution < 1.29 is 71.7 Å². The number of likely N-dealkylation sites (tertiary alicyclic amines) is 1. The van der Waals surface area contributed by atoms with E-state index in [1.165, 1.54) is 19.3 Å². The summed E-state index contributed by atoms with van der Waals surface area (Å²) in [6.07, 6.45) is 4.12. The number of carbonyl (C=O) groups excluding carboxylic acids is 8. The first kappa shape index (κ1) is 66.2. The number of para-hydroxylation sites is 1. The fraction of sp³-hybridized carbons (Fsp3) is 0.724. The van der Waals surface area contributed by atoms with E-state index >= 15 is 0 Å². The van der Waals surface area contributed by atoms with Crippen molar-refractivity contribution in [2.75, 3.05) is 94.2 Å². The Morgan fingerprint density at radius 1 is 0.802 bits per heavy atom. The number of aromatic amines is 1. The maximum absolute atomic E-state index is 14.7. The van der Waals surface area contributed by atoms with Crippen molar-refractivity contribution >= 4 is 58.2 Å². The highest BCUT2D eigenvalue weighted by molar-refractivity contribution is 6.01. The topological polar surface area (TPSA) is 257 Å². The molecule has 0 aliphatic carbocycles. The Labute approximate surface area is 477 Å². The van der Waals surface area contributed by atoms with Gasteiger partial charge in [-0.15, -0.1) is 5.06 Å². The van der Waals surface area contributed by atoms with Crippen molar-refractivity contribution in [3.05, 3.63) is 36.0 Å². The lowest BCUT2D eigenvalue weighted by molar-refractivity contribution is -0.199. The van der Waals surface area contributed by atoms with Gasteiger partial charge in [-0.3, -0.25) is 43.3 Å². The molecule has 2 aromatic rings. The number of rotatable bonds is 34. The smallest absolute Gasteiger partial charge is 0.335 e. The molecule has 5 rings (SSSR count). The van der Waals surface area contributed by atoms with Gasteiger partial charge in [-0.05, 0) is 62.1 Å². The number of aromatic nitrogens is 1. The third kappa shape index (κ3) is 18.5. The molecule has 3 aliphatic heterocycles. The van der Waals surface area contributed by atoms with E-state index in [9.17, 15) is 38.4 Å². The molecule has 0 saturated carbocycles. The van der Waals surface area contributed by atoms with E-state index in [1.807, 2.05) is 84.0 Å². The molecule has 1 aromatic carbocycles. The van der Waals surface area contributed by atoms with E-state index < -0.39 is 66.1 Å². The highest BCUT2D eigenvalue weighted by Gasteiger charge is 2.44. The van der Waals surface area contributed by atoms with Crippen LogP contribution >= 0.6 is 0 Å². The van der Waals surface area contributed by atoms with Crippen molar-refractivity contribution in [3.8, 4) is 0 Å². The molecule has 0 spiro atoms. The SMILES string of the molecule is CC[C@H](C)[C@@H]([C@@H](CC(=O)N1CCC[C@H]1[C@H](OC)[C@@H](C)C(=O)N[C@@H](Cc1c[nH]c2ccccc12)C(=O)N1CCCCO1)OC)N(C)C(=O)[C@@H](NC(=O)[C@H](C(C)C)N(C)CCOCCOCCOCCC(=O)ON1C(=O)CCC1=O)C(C)C. The molecule has 4 heterocycles. The van der Waals surface area contributed by atoms with Crippen molar-refractivity contribution in [2.45, 2.75) is 155 Å². The second-order valence-electron chi connectivity index (χ2n) is 22.2. The Morgan fingerprint density at radius 2 is 1.47 bits per heavy atom. The summed E-state index contributed by atoms with van der Waals surface area (Å²) < 4.78 is 29.0. The van der Waals surface area contributed by atoms with Crippen LogP contribution in [0.4, 0.5) is 0 Å². The van der Waals surface area contributed by atoms with Crippen molar-refractivity contribution in [1.82, 2.24) is 40.4 Å². The van der Waals surface area contributed by atoms with Crippen LogP contribution in [0.15, 0.2) is 30.5 Å². The number of amides is 7. The Hall–Kier alpha value is -5.56. The molecule has 7 amide bonds. The number of hydrogen-bond donors (Lipinski definition) is 3. The lowest BCUT2D eigenvalue weighted by atomic mass is 9.89. The molecular weight excluding hydrogens is 1050 g/mol. The second-order valence-corrected chi connectivity index (χ2v) is 22.2. The summed E-state index contributed by atoms with van der Waals surface area (Å²) in [5.74, 6) is -4.62. The lowest BCUT2D eigenvalue weighted by Crippen LogP contribution is -2.60. The average Bonchev–Trinajstić information content (AvgIpc) is 4.20. The largest absolute Gasteiger partial charge is 0.379 e. The maximum Gasteiger partial charge on any atom is 0.335 e. The van der Waals surface area contributed by atoms with E-state index in [-0.39, 0.29) is 112 Å². The first-order valence-electron chi connectivity index (χ1n) is 29.0. The summed E-state index contributed by atoms with van der Waals surface area (Å²) >= 11 is 0. The van der Waals surface area contributed by atoms with E-state index in [0.717, 1.165) is 29.3 Å². The quantitative estimate of drug-likeness (QED) is 0.0665. The van der Waals surface area contributed by atoms with Crippen LogP contribution in [0.2, 0.25) is 0 Å². The van der Waals surface area contributed by atoms with Crippen molar-refractivity contribution in [2.24, 2.45) is 23.7 Å². The molecule has 3 N–H and O–H groups in total. The zero-order valence-electron chi connectivity index (χ0n) is 49.7. The van der Waals surface area contributed by atoms with Crippen LogP contribution < -0.4 is 10.6 Å². The van der Waals surface area contributed by atoms with Gasteiger partial charge in [-0.1, -0.05) is 73.1 Å². The number of methoxy groups -OCH3 is 2. The van der Waals surface area contributed by atoms with Gasteiger partial charge in [0.2, 0.25) is 23.6 Å². The number of nitrogens with one attached hydrogen (secondary N) is 3. The van der Waals surface area contributed by atoms with Gasteiger partial charge in [-0.2, -0.15) is 0 Å². The minimum Gasteiger partial charge on any atom is -0.379 e. The number of H-pyrrole nitrogens is 1. The lowest BCUT2D eigenvalue weighted by Gasteiger charge is -2.41. The highest BCUT2D eigenvalue weighted by atomic mass is 16.7. The Kier molecular flexibility index (Phi) is 26.9. The average molecular weight is 1140 g/mol. The van der Waals surface area contributed by atoms with Crippen LogP contribution in [-0.4, -0.2) is 214 Å². The fourth-order valence-corrected chi connectivity index (χ4v) is 11.1. The van der Waals surface area contributed by atoms with E-state index in [0.29, 0.717) is 57.2 Å². The predicted octanol–water partition coefficient (Wildman–Crippen LogP) is 3.81. The molecule has 3 fully saturated rings. The van der Waals surface area contributed by atoms with Gasteiger partial charge in [0.1, 0.15) is 12.1 Å². The summed E-state index contributed by atoms with van der Waals surface area (Å²) in [6, 6.07) is 4.39. The number of hydroxylamine groups is 4. The molecule has 9 atom stereocenters. The van der Waals surface area contributed by atoms with Crippen molar-refractivity contribution in [1.29, 1.82) is 0 Å². The minimum atomic E-state index is -0.922. The van der Waals surface area contributed by atoms with Gasteiger partial charge in [0.15, 0.2) is 0 Å². The van der Waals surface area contributed by atoms with Crippen molar-refractivity contribution in [3.63, 3.8) is 0 Å². The first-order valence-corrected chi connectivity index (χ1v) is 29.0. The molecular formula is C58H92N8O15. The van der Waals surface area contributed by atoms with Gasteiger partial charge < -0.3 is 53.9 Å². The number of fused-ring (bicyclic) bond motifs is 1. The Bertz CT molecular complexity index is 2360. The third-order valence-electron chi connectivity index (χ3n) is 15.8. The number of likely N-dealkylation sites (N-methyl/N-ethyl adjacent to an activating group) is 2. The molecule has 23 heteroatoms. The summed E-state index contributed by atoms with van der Waals surface area (Å²) in [5.41, 5.74) is 1.80. The summed E-state index contributed by atoms with van der Waals surface area (Å²) in [5, 5.41) is 8.95. The molecule has 3 aliphatic rings. The molecule has 23 nitrogen and oxygen atoms in total. The summed E-state index contributed by atoms with van der Waals surface area (Å²) in [7, 11) is 6.61. The van der Waals surface area contributed by atoms with Gasteiger partial charge in [0.25, 0.3) is 17.7 Å². The Morgan fingerprint density at radius 3 is 2.09 bits per heavy atom. The molecule has 0 radical (unpaired) electrons. The zero-order chi connectivity index (χ0) is 59.3. The first-order chi connectivity index (χ1) is 38.7. The van der Waals surface area contributed by atoms with Crippen LogP contribution in [0.5, 0.6) is 0 Å². The number of ether oxygens (including phenoxy) is 5.